The van der Waals surface area contributed by atoms with Crippen LogP contribution in [0.5, 0.6) is 5.88 Å². The van der Waals surface area contributed by atoms with Gasteiger partial charge in [0.25, 0.3) is 0 Å². The lowest BCUT2D eigenvalue weighted by molar-refractivity contribution is 0.0249. The first-order valence-corrected chi connectivity index (χ1v) is 10.9. The summed E-state index contributed by atoms with van der Waals surface area (Å²) in [7, 11) is 0. The van der Waals surface area contributed by atoms with Gasteiger partial charge in [0.2, 0.25) is 16.0 Å². The average molecular weight is 417 g/mol. The van der Waals surface area contributed by atoms with E-state index in [2.05, 4.69) is 23.7 Å². The van der Waals surface area contributed by atoms with Crippen LogP contribution in [0.1, 0.15) is 45.2 Å². The van der Waals surface area contributed by atoms with Gasteiger partial charge < -0.3 is 20.5 Å². The molecule has 156 valence electrons. The Bertz CT molecular complexity index is 990. The van der Waals surface area contributed by atoms with Crippen molar-refractivity contribution in [3.63, 3.8) is 0 Å². The summed E-state index contributed by atoms with van der Waals surface area (Å²) in [5.74, 6) is 0.937. The van der Waals surface area contributed by atoms with Gasteiger partial charge in [-0.25, -0.2) is 14.5 Å². The molecule has 3 N–H and O–H groups in total. The molecule has 0 bridgehead atoms. The molecule has 0 saturated carbocycles. The molecule has 1 saturated heterocycles. The van der Waals surface area contributed by atoms with Crippen molar-refractivity contribution in [2.45, 2.75) is 45.1 Å². The van der Waals surface area contributed by atoms with Gasteiger partial charge in [0, 0.05) is 25.3 Å². The molecule has 9 heteroatoms. The topological polar surface area (TPSA) is 102 Å². The van der Waals surface area contributed by atoms with Crippen molar-refractivity contribution < 1.29 is 9.84 Å². The second-order valence-corrected chi connectivity index (χ2v) is 8.75. The van der Waals surface area contributed by atoms with Gasteiger partial charge in [-0.1, -0.05) is 25.2 Å². The van der Waals surface area contributed by atoms with Gasteiger partial charge in [-0.2, -0.15) is 0 Å². The largest absolute Gasteiger partial charge is 0.477 e. The van der Waals surface area contributed by atoms with Gasteiger partial charge in [-0.3, -0.25) is 0 Å². The van der Waals surface area contributed by atoms with E-state index in [-0.39, 0.29) is 0 Å². The quantitative estimate of drug-likeness (QED) is 0.637. The number of pyridine rings is 1. The van der Waals surface area contributed by atoms with Crippen LogP contribution in [-0.4, -0.2) is 56.5 Å². The zero-order chi connectivity index (χ0) is 20.6. The third-order valence-corrected chi connectivity index (χ3v) is 6.43. The van der Waals surface area contributed by atoms with Gasteiger partial charge in [0.15, 0.2) is 0 Å². The molecule has 0 radical (unpaired) electrons. The van der Waals surface area contributed by atoms with E-state index in [1.807, 2.05) is 29.8 Å². The maximum Gasteiger partial charge on any atom is 0.223 e. The molecular formula is C20H28N6O2S. The van der Waals surface area contributed by atoms with Crippen LogP contribution in [0.15, 0.2) is 18.3 Å². The number of ether oxygens (including phenoxy) is 1. The second kappa shape index (κ2) is 7.89. The van der Waals surface area contributed by atoms with Gasteiger partial charge in [-0.05, 0) is 37.8 Å². The molecule has 1 fully saturated rings. The second-order valence-electron chi connectivity index (χ2n) is 7.81. The number of nitrogens with zero attached hydrogens (tertiary/aromatic N) is 5. The minimum Gasteiger partial charge on any atom is -0.477 e. The smallest absolute Gasteiger partial charge is 0.223 e. The summed E-state index contributed by atoms with van der Waals surface area (Å²) < 4.78 is 7.69. The van der Waals surface area contributed by atoms with Gasteiger partial charge in [-0.15, -0.1) is 5.10 Å². The fourth-order valence-corrected chi connectivity index (χ4v) is 4.46. The summed E-state index contributed by atoms with van der Waals surface area (Å²) >= 11 is 1.55. The van der Waals surface area contributed by atoms with E-state index in [1.165, 1.54) is 0 Å². The lowest BCUT2D eigenvalue weighted by Crippen LogP contribution is -2.48. The Balaban J connectivity index is 1.66. The number of imidazole rings is 1. The zero-order valence-electron chi connectivity index (χ0n) is 17.1. The van der Waals surface area contributed by atoms with Gasteiger partial charge in [0.1, 0.15) is 0 Å². The molecule has 0 unspecified atom stereocenters. The van der Waals surface area contributed by atoms with Crippen molar-refractivity contribution in [2.24, 2.45) is 5.73 Å². The summed E-state index contributed by atoms with van der Waals surface area (Å²) in [6.45, 7) is 8.50. The molecule has 0 aliphatic carbocycles. The molecule has 4 heterocycles. The number of rotatable bonds is 6. The predicted octanol–water partition coefficient (Wildman–Crippen LogP) is 2.66. The molecule has 0 amide bonds. The first-order valence-electron chi connectivity index (χ1n) is 10.1. The van der Waals surface area contributed by atoms with Crippen molar-refractivity contribution in [3.8, 4) is 17.1 Å². The number of anilines is 1. The van der Waals surface area contributed by atoms with E-state index in [1.54, 1.807) is 11.3 Å². The zero-order valence-corrected chi connectivity index (χ0v) is 17.9. The Hall–Kier alpha value is -2.23. The molecule has 1 aliphatic rings. The van der Waals surface area contributed by atoms with Crippen LogP contribution in [-0.2, 0) is 0 Å². The minimum absolute atomic E-state index is 0.297. The maximum atomic E-state index is 10.4. The maximum absolute atomic E-state index is 10.4. The third kappa shape index (κ3) is 3.82. The molecular weight excluding hydrogens is 388 g/mol. The molecule has 3 aromatic heterocycles. The molecule has 8 nitrogen and oxygen atoms in total. The molecule has 0 aromatic carbocycles. The van der Waals surface area contributed by atoms with E-state index in [9.17, 15) is 5.11 Å². The normalized spacial score (nSPS) is 16.7. The van der Waals surface area contributed by atoms with Crippen molar-refractivity contribution in [3.05, 3.63) is 24.0 Å². The predicted molar refractivity (Wildman–Crippen MR) is 115 cm³/mol. The summed E-state index contributed by atoms with van der Waals surface area (Å²) in [6.07, 6.45) is 3.11. The van der Waals surface area contributed by atoms with Crippen LogP contribution in [0.3, 0.4) is 0 Å². The number of aromatic nitrogens is 4. The van der Waals surface area contributed by atoms with E-state index < -0.39 is 5.60 Å². The highest BCUT2D eigenvalue weighted by atomic mass is 32.1. The number of aliphatic hydroxyl groups is 1. The van der Waals surface area contributed by atoms with Crippen molar-refractivity contribution >= 4 is 21.4 Å². The van der Waals surface area contributed by atoms with Crippen LogP contribution in [0.2, 0.25) is 0 Å². The van der Waals surface area contributed by atoms with Gasteiger partial charge in [0.05, 0.1) is 29.7 Å². The molecule has 29 heavy (non-hydrogen) atoms. The van der Waals surface area contributed by atoms with Gasteiger partial charge >= 0.3 is 0 Å². The summed E-state index contributed by atoms with van der Waals surface area (Å²) in [4.78, 5) is 12.3. The SMILES string of the molecule is CCOc1nc(C(C)C)ccc1-c1cnc2sc(N3CCC(O)(CN)CC3)nn12. The van der Waals surface area contributed by atoms with Crippen molar-refractivity contribution in [2.75, 3.05) is 31.1 Å². The highest BCUT2D eigenvalue weighted by molar-refractivity contribution is 7.20. The number of hydrogen-bond acceptors (Lipinski definition) is 8. The molecule has 0 spiro atoms. The summed E-state index contributed by atoms with van der Waals surface area (Å²) in [6, 6.07) is 4.07. The molecule has 4 rings (SSSR count). The lowest BCUT2D eigenvalue weighted by Gasteiger charge is -2.37. The number of fused-ring (bicyclic) bond motifs is 1. The fourth-order valence-electron chi connectivity index (χ4n) is 3.53. The Labute approximate surface area is 174 Å². The Morgan fingerprint density at radius 1 is 1.31 bits per heavy atom. The Morgan fingerprint density at radius 3 is 2.72 bits per heavy atom. The Kier molecular flexibility index (Phi) is 5.46. The molecule has 0 atom stereocenters. The highest BCUT2D eigenvalue weighted by Crippen LogP contribution is 2.34. The highest BCUT2D eigenvalue weighted by Gasteiger charge is 2.32. The lowest BCUT2D eigenvalue weighted by atomic mass is 9.92. The summed E-state index contributed by atoms with van der Waals surface area (Å²) in [5.41, 5.74) is 7.70. The minimum atomic E-state index is -0.755. The Morgan fingerprint density at radius 2 is 2.07 bits per heavy atom. The van der Waals surface area contributed by atoms with E-state index in [0.717, 1.165) is 40.1 Å². The van der Waals surface area contributed by atoms with Crippen LogP contribution >= 0.6 is 11.3 Å². The van der Waals surface area contributed by atoms with E-state index in [0.29, 0.717) is 37.8 Å². The third-order valence-electron chi connectivity index (χ3n) is 5.45. The standard InChI is InChI=1S/C20H28N6O2S/c1-4-28-17-14(5-6-15(23-17)13(2)3)16-11-22-18-26(16)24-19(29-18)25-9-7-20(27,12-21)8-10-25/h5-6,11,13,27H,4,7-10,12,21H2,1-3H3. The number of nitrogens with two attached hydrogens (primary N) is 1. The van der Waals surface area contributed by atoms with E-state index in [4.69, 9.17) is 20.6 Å². The van der Waals surface area contributed by atoms with Crippen LogP contribution in [0.4, 0.5) is 5.13 Å². The number of hydrogen-bond donors (Lipinski definition) is 2. The van der Waals surface area contributed by atoms with Crippen LogP contribution in [0, 0.1) is 0 Å². The van der Waals surface area contributed by atoms with Crippen LogP contribution in [0.25, 0.3) is 16.2 Å². The molecule has 3 aromatic rings. The van der Waals surface area contributed by atoms with Crippen molar-refractivity contribution in [1.82, 2.24) is 19.6 Å². The fraction of sp³-hybridized carbons (Fsp3) is 0.550. The average Bonchev–Trinajstić information content (AvgIpc) is 3.30. The van der Waals surface area contributed by atoms with Crippen LogP contribution < -0.4 is 15.4 Å². The summed E-state index contributed by atoms with van der Waals surface area (Å²) in [5, 5.41) is 16.1. The first kappa shape index (κ1) is 20.1. The monoisotopic (exact) mass is 416 g/mol. The molecule has 1 aliphatic heterocycles. The van der Waals surface area contributed by atoms with E-state index >= 15 is 0 Å². The number of piperidine rings is 1. The van der Waals surface area contributed by atoms with Crippen molar-refractivity contribution in [1.29, 1.82) is 0 Å². The first-order chi connectivity index (χ1) is 13.9.